The van der Waals surface area contributed by atoms with Crippen molar-refractivity contribution in [2.24, 2.45) is 0 Å². The summed E-state index contributed by atoms with van der Waals surface area (Å²) in [6, 6.07) is 9.55. The number of hydrogen-bond acceptors (Lipinski definition) is 4. The molecule has 0 radical (unpaired) electrons. The summed E-state index contributed by atoms with van der Waals surface area (Å²) in [6.45, 7) is 0. The molecule has 1 fully saturated rings. The van der Waals surface area contributed by atoms with Crippen LogP contribution in [0.3, 0.4) is 0 Å². The second-order valence-corrected chi connectivity index (χ2v) is 7.96. The first-order valence-corrected chi connectivity index (χ1v) is 10.0. The molecule has 5 rings (SSSR count). The molecule has 1 aliphatic carbocycles. The second-order valence-electron chi connectivity index (χ2n) is 7.04. The summed E-state index contributed by atoms with van der Waals surface area (Å²) in [5.74, 6) is 1.81. The molecule has 6 nitrogen and oxygen atoms in total. The second kappa shape index (κ2) is 6.56. The molecule has 0 spiro atoms. The van der Waals surface area contributed by atoms with Crippen LogP contribution in [0.15, 0.2) is 52.0 Å². The highest BCUT2D eigenvalue weighted by Crippen LogP contribution is 2.31. The van der Waals surface area contributed by atoms with E-state index in [2.05, 4.69) is 25.9 Å². The lowest BCUT2D eigenvalue weighted by Gasteiger charge is -2.17. The van der Waals surface area contributed by atoms with Crippen LogP contribution >= 0.6 is 15.9 Å². The number of fused-ring (bicyclic) bond motifs is 3. The van der Waals surface area contributed by atoms with Crippen molar-refractivity contribution in [3.8, 4) is 5.69 Å². The first kappa shape index (κ1) is 16.6. The number of pyridine rings is 1. The highest BCUT2D eigenvalue weighted by atomic mass is 79.9. The van der Waals surface area contributed by atoms with Crippen LogP contribution in [0, 0.1) is 0 Å². The van der Waals surface area contributed by atoms with Gasteiger partial charge in [-0.05, 0) is 43.2 Å². The van der Waals surface area contributed by atoms with Crippen molar-refractivity contribution < 1.29 is 0 Å². The van der Waals surface area contributed by atoms with Crippen molar-refractivity contribution in [1.29, 1.82) is 0 Å². The van der Waals surface area contributed by atoms with E-state index in [-0.39, 0.29) is 5.56 Å². The molecular weight excluding hydrogens is 406 g/mol. The van der Waals surface area contributed by atoms with Crippen molar-refractivity contribution in [3.63, 3.8) is 0 Å². The van der Waals surface area contributed by atoms with Crippen molar-refractivity contribution >= 4 is 32.6 Å². The van der Waals surface area contributed by atoms with Gasteiger partial charge in [0.05, 0.1) is 10.9 Å². The quantitative estimate of drug-likeness (QED) is 0.483. The molecule has 4 aromatic rings. The summed E-state index contributed by atoms with van der Waals surface area (Å²) in [6.07, 6.45) is 9.41. The van der Waals surface area contributed by atoms with Crippen LogP contribution in [0.5, 0.6) is 0 Å². The van der Waals surface area contributed by atoms with Crippen molar-refractivity contribution in [2.45, 2.75) is 38.0 Å². The van der Waals surface area contributed by atoms with Gasteiger partial charge < -0.3 is 0 Å². The van der Waals surface area contributed by atoms with E-state index in [9.17, 15) is 4.79 Å². The molecule has 0 saturated heterocycles. The Labute approximate surface area is 164 Å². The zero-order valence-electron chi connectivity index (χ0n) is 14.7. The van der Waals surface area contributed by atoms with E-state index < -0.39 is 0 Å². The largest absolute Gasteiger partial charge is 0.284 e. The normalized spacial score (nSPS) is 15.6. The Kier molecular flexibility index (Phi) is 4.04. The molecule has 136 valence electrons. The highest BCUT2D eigenvalue weighted by molar-refractivity contribution is 9.10. The van der Waals surface area contributed by atoms with Crippen molar-refractivity contribution in [2.75, 3.05) is 0 Å². The average molecular weight is 424 g/mol. The van der Waals surface area contributed by atoms with Crippen LogP contribution in [0.4, 0.5) is 0 Å². The minimum absolute atomic E-state index is 0.112. The summed E-state index contributed by atoms with van der Waals surface area (Å²) in [5, 5.41) is 5.24. The van der Waals surface area contributed by atoms with Crippen LogP contribution in [0.2, 0.25) is 0 Å². The first-order valence-electron chi connectivity index (χ1n) is 9.24. The van der Waals surface area contributed by atoms with Gasteiger partial charge in [0.2, 0.25) is 0 Å². The minimum atomic E-state index is -0.112. The third-order valence-corrected chi connectivity index (χ3v) is 5.85. The average Bonchev–Trinajstić information content (AvgIpc) is 3.15. The molecule has 0 atom stereocenters. The fourth-order valence-electron chi connectivity index (χ4n) is 3.87. The zero-order valence-corrected chi connectivity index (χ0v) is 16.3. The molecule has 1 saturated carbocycles. The standard InChI is InChI=1S/C20H18BrN5O/c21-14-6-8-15(9-7-14)25-11-10-17-16(19(25)27)12-22-20-23-18(24-26(17)20)13-4-2-1-3-5-13/h6-13H,1-5H2. The van der Waals surface area contributed by atoms with Gasteiger partial charge in [-0.25, -0.2) is 4.98 Å². The third-order valence-electron chi connectivity index (χ3n) is 5.33. The monoisotopic (exact) mass is 423 g/mol. The topological polar surface area (TPSA) is 65.1 Å². The van der Waals surface area contributed by atoms with Gasteiger partial charge in [0.25, 0.3) is 11.3 Å². The molecule has 0 bridgehead atoms. The predicted octanol–water partition coefficient (Wildman–Crippen LogP) is 4.24. The Hall–Kier alpha value is -2.54. The summed E-state index contributed by atoms with van der Waals surface area (Å²) in [4.78, 5) is 22.1. The Morgan fingerprint density at radius 2 is 1.81 bits per heavy atom. The minimum Gasteiger partial charge on any atom is -0.284 e. The smallest absolute Gasteiger partial charge is 0.266 e. The van der Waals surface area contributed by atoms with Gasteiger partial charge in [0.15, 0.2) is 5.82 Å². The van der Waals surface area contributed by atoms with Crippen LogP contribution in [0.25, 0.3) is 22.4 Å². The van der Waals surface area contributed by atoms with Gasteiger partial charge in [0, 0.05) is 28.5 Å². The highest BCUT2D eigenvalue weighted by Gasteiger charge is 2.21. The maximum absolute atomic E-state index is 13.0. The van der Waals surface area contributed by atoms with Gasteiger partial charge >= 0.3 is 0 Å². The molecule has 3 aromatic heterocycles. The maximum Gasteiger partial charge on any atom is 0.266 e. The Morgan fingerprint density at radius 3 is 2.59 bits per heavy atom. The van der Waals surface area contributed by atoms with E-state index in [1.54, 1.807) is 21.5 Å². The molecule has 0 N–H and O–H groups in total. The number of benzene rings is 1. The summed E-state index contributed by atoms with van der Waals surface area (Å²) < 4.78 is 4.31. The van der Waals surface area contributed by atoms with Gasteiger partial charge in [-0.2, -0.15) is 9.50 Å². The van der Waals surface area contributed by atoms with E-state index >= 15 is 0 Å². The molecule has 0 aliphatic heterocycles. The number of rotatable bonds is 2. The van der Waals surface area contributed by atoms with Gasteiger partial charge in [-0.15, -0.1) is 5.10 Å². The summed E-state index contributed by atoms with van der Waals surface area (Å²) in [5.41, 5.74) is 1.44. The fourth-order valence-corrected chi connectivity index (χ4v) is 4.14. The number of aromatic nitrogens is 5. The molecular formula is C20H18BrN5O. The summed E-state index contributed by atoms with van der Waals surface area (Å²) >= 11 is 3.42. The van der Waals surface area contributed by atoms with Crippen LogP contribution in [-0.4, -0.2) is 24.1 Å². The molecule has 1 aromatic carbocycles. The van der Waals surface area contributed by atoms with Gasteiger partial charge in [-0.1, -0.05) is 35.2 Å². The van der Waals surface area contributed by atoms with E-state index in [4.69, 9.17) is 5.10 Å². The Bertz CT molecular complexity index is 1190. The van der Waals surface area contributed by atoms with E-state index in [1.807, 2.05) is 30.3 Å². The zero-order chi connectivity index (χ0) is 18.4. The SMILES string of the molecule is O=c1c2cnc3nc(C4CCCCC4)nn3c2ccn1-c1ccc(Br)cc1. The van der Waals surface area contributed by atoms with Gasteiger partial charge in [0.1, 0.15) is 0 Å². The Morgan fingerprint density at radius 1 is 1.04 bits per heavy atom. The first-order chi connectivity index (χ1) is 13.2. The summed E-state index contributed by atoms with van der Waals surface area (Å²) in [7, 11) is 0. The van der Waals surface area contributed by atoms with E-state index in [0.717, 1.165) is 34.3 Å². The van der Waals surface area contributed by atoms with E-state index in [1.165, 1.54) is 19.3 Å². The van der Waals surface area contributed by atoms with Crippen LogP contribution in [0.1, 0.15) is 43.8 Å². The lowest BCUT2D eigenvalue weighted by molar-refractivity contribution is 0.429. The maximum atomic E-state index is 13.0. The molecule has 27 heavy (non-hydrogen) atoms. The Balaban J connectivity index is 1.65. The number of hydrogen-bond donors (Lipinski definition) is 0. The van der Waals surface area contributed by atoms with Crippen molar-refractivity contribution in [3.05, 3.63) is 63.4 Å². The van der Waals surface area contributed by atoms with E-state index in [0.29, 0.717) is 17.1 Å². The number of nitrogens with zero attached hydrogens (tertiary/aromatic N) is 5. The molecule has 1 aliphatic rings. The van der Waals surface area contributed by atoms with Crippen LogP contribution in [-0.2, 0) is 0 Å². The van der Waals surface area contributed by atoms with Crippen molar-refractivity contribution in [1.82, 2.24) is 24.1 Å². The predicted molar refractivity (Wildman–Crippen MR) is 107 cm³/mol. The molecule has 3 heterocycles. The van der Waals surface area contributed by atoms with Crippen LogP contribution < -0.4 is 5.56 Å². The molecule has 0 amide bonds. The fraction of sp³-hybridized carbons (Fsp3) is 0.300. The molecule has 7 heteroatoms. The lowest BCUT2D eigenvalue weighted by atomic mass is 9.89. The van der Waals surface area contributed by atoms with Gasteiger partial charge in [-0.3, -0.25) is 9.36 Å². The lowest BCUT2D eigenvalue weighted by Crippen LogP contribution is -2.18. The number of halogens is 1. The third kappa shape index (κ3) is 2.86. The molecule has 0 unspecified atom stereocenters.